The Bertz CT molecular complexity index is 1340. The first-order chi connectivity index (χ1) is 18.1. The third kappa shape index (κ3) is 6.89. The molecule has 0 radical (unpaired) electrons. The van der Waals surface area contributed by atoms with E-state index in [2.05, 4.69) is 5.32 Å². The van der Waals surface area contributed by atoms with E-state index in [4.69, 9.17) is 16.3 Å². The van der Waals surface area contributed by atoms with E-state index in [1.165, 1.54) is 0 Å². The largest absolute Gasteiger partial charge is 0.483 e. The van der Waals surface area contributed by atoms with Crippen molar-refractivity contribution in [3.05, 3.63) is 113 Å². The summed E-state index contributed by atoms with van der Waals surface area (Å²) in [5.74, 6) is 0.135. The molecule has 0 aliphatic rings. The molecule has 37 heavy (non-hydrogen) atoms. The molecule has 0 aromatic heterocycles. The number of carbonyl (C=O) groups excluding carboxylic acids is 2. The number of fused-ring (bicyclic) bond motifs is 1. The quantitative estimate of drug-likeness (QED) is 0.265. The lowest BCUT2D eigenvalue weighted by Gasteiger charge is -2.31. The Hall–Kier alpha value is -3.83. The van der Waals surface area contributed by atoms with Crippen LogP contribution in [0.1, 0.15) is 24.5 Å². The molecular formula is C31H31ClN2O3. The highest BCUT2D eigenvalue weighted by Crippen LogP contribution is 2.26. The van der Waals surface area contributed by atoms with E-state index in [0.717, 1.165) is 28.3 Å². The summed E-state index contributed by atoms with van der Waals surface area (Å²) in [6.45, 7) is 2.52. The molecule has 0 aliphatic carbocycles. The van der Waals surface area contributed by atoms with E-state index in [-0.39, 0.29) is 25.0 Å². The van der Waals surface area contributed by atoms with Crippen LogP contribution in [0.15, 0.2) is 97.1 Å². The van der Waals surface area contributed by atoms with E-state index in [1.54, 1.807) is 11.0 Å². The minimum absolute atomic E-state index is 0.189. The highest BCUT2D eigenvalue weighted by atomic mass is 35.5. The van der Waals surface area contributed by atoms with E-state index in [9.17, 15) is 9.59 Å². The van der Waals surface area contributed by atoms with Crippen molar-refractivity contribution in [2.45, 2.75) is 32.4 Å². The molecule has 0 heterocycles. The molecule has 6 heteroatoms. The molecule has 0 unspecified atom stereocenters. The van der Waals surface area contributed by atoms with Crippen molar-refractivity contribution in [3.8, 4) is 5.75 Å². The van der Waals surface area contributed by atoms with E-state index < -0.39 is 6.04 Å². The fraction of sp³-hybridized carbons (Fsp3) is 0.226. The van der Waals surface area contributed by atoms with Crippen LogP contribution in [0.3, 0.4) is 0 Å². The van der Waals surface area contributed by atoms with Gasteiger partial charge in [-0.25, -0.2) is 0 Å². The van der Waals surface area contributed by atoms with Gasteiger partial charge in [0, 0.05) is 29.9 Å². The summed E-state index contributed by atoms with van der Waals surface area (Å²) in [5.41, 5.74) is 1.73. The molecule has 5 nitrogen and oxygen atoms in total. The zero-order valence-corrected chi connectivity index (χ0v) is 21.7. The van der Waals surface area contributed by atoms with Crippen LogP contribution in [-0.2, 0) is 22.6 Å². The number of hydrogen-bond donors (Lipinski definition) is 1. The van der Waals surface area contributed by atoms with Crippen molar-refractivity contribution >= 4 is 34.2 Å². The zero-order chi connectivity index (χ0) is 26.0. The lowest BCUT2D eigenvalue weighted by molar-refractivity contribution is -0.142. The van der Waals surface area contributed by atoms with Crippen molar-refractivity contribution in [1.29, 1.82) is 0 Å². The van der Waals surface area contributed by atoms with Gasteiger partial charge in [0.25, 0.3) is 5.91 Å². The van der Waals surface area contributed by atoms with Crippen molar-refractivity contribution in [2.75, 3.05) is 13.2 Å². The Morgan fingerprint density at radius 2 is 1.59 bits per heavy atom. The van der Waals surface area contributed by atoms with Crippen LogP contribution in [0.25, 0.3) is 10.8 Å². The van der Waals surface area contributed by atoms with Gasteiger partial charge in [0.05, 0.1) is 0 Å². The number of benzene rings is 4. The molecule has 1 N–H and O–H groups in total. The van der Waals surface area contributed by atoms with Crippen LogP contribution in [0.5, 0.6) is 5.75 Å². The summed E-state index contributed by atoms with van der Waals surface area (Å²) in [6, 6.07) is 30.0. The summed E-state index contributed by atoms with van der Waals surface area (Å²) in [4.78, 5) is 28.7. The molecule has 4 aromatic rings. The minimum Gasteiger partial charge on any atom is -0.483 e. The van der Waals surface area contributed by atoms with Crippen LogP contribution in [-0.4, -0.2) is 35.9 Å². The van der Waals surface area contributed by atoms with Crippen LogP contribution in [0.2, 0.25) is 5.02 Å². The average molecular weight is 515 g/mol. The number of hydrogen-bond acceptors (Lipinski definition) is 3. The molecule has 0 saturated carbocycles. The molecule has 0 fully saturated rings. The first kappa shape index (κ1) is 26.2. The number of amides is 2. The fourth-order valence-corrected chi connectivity index (χ4v) is 4.47. The number of halogens is 1. The summed E-state index contributed by atoms with van der Waals surface area (Å²) in [7, 11) is 0. The standard InChI is InChI=1S/C31H31ClN2O3/c1-2-19-33-31(36)28(20-23-11-4-3-5-12-23)34(21-25-14-7-9-17-27(25)32)30(35)22-37-29-18-10-15-24-13-6-8-16-26(24)29/h3-18,28H,2,19-22H2,1H3,(H,33,36)/t28-/m0/s1. The molecule has 2 amide bonds. The topological polar surface area (TPSA) is 58.6 Å². The van der Waals surface area contributed by atoms with Crippen molar-refractivity contribution in [1.82, 2.24) is 10.2 Å². The number of rotatable bonds is 11. The fourth-order valence-electron chi connectivity index (χ4n) is 4.27. The molecule has 4 rings (SSSR count). The maximum atomic E-state index is 13.8. The van der Waals surface area contributed by atoms with Gasteiger partial charge in [-0.3, -0.25) is 9.59 Å². The summed E-state index contributed by atoms with van der Waals surface area (Å²) < 4.78 is 6.04. The molecular weight excluding hydrogens is 484 g/mol. The second kappa shape index (κ2) is 12.9. The molecule has 4 aromatic carbocycles. The highest BCUT2D eigenvalue weighted by Gasteiger charge is 2.31. The first-order valence-corrected chi connectivity index (χ1v) is 12.9. The van der Waals surface area contributed by atoms with Gasteiger partial charge in [-0.2, -0.15) is 0 Å². The smallest absolute Gasteiger partial charge is 0.261 e. The van der Waals surface area contributed by atoms with E-state index in [0.29, 0.717) is 23.7 Å². The van der Waals surface area contributed by atoms with Crippen LogP contribution >= 0.6 is 11.6 Å². The lowest BCUT2D eigenvalue weighted by Crippen LogP contribution is -2.51. The van der Waals surface area contributed by atoms with Crippen molar-refractivity contribution < 1.29 is 14.3 Å². The Kier molecular flexibility index (Phi) is 9.17. The first-order valence-electron chi connectivity index (χ1n) is 12.5. The maximum Gasteiger partial charge on any atom is 0.261 e. The predicted octanol–water partition coefficient (Wildman–Crippen LogP) is 6.04. The third-order valence-electron chi connectivity index (χ3n) is 6.22. The molecule has 0 saturated heterocycles. The van der Waals surface area contributed by atoms with E-state index >= 15 is 0 Å². The minimum atomic E-state index is -0.728. The third-order valence-corrected chi connectivity index (χ3v) is 6.59. The van der Waals surface area contributed by atoms with Crippen molar-refractivity contribution in [2.24, 2.45) is 0 Å². The predicted molar refractivity (Wildman–Crippen MR) is 149 cm³/mol. The highest BCUT2D eigenvalue weighted by molar-refractivity contribution is 6.31. The summed E-state index contributed by atoms with van der Waals surface area (Å²) in [6.07, 6.45) is 1.17. The molecule has 0 aliphatic heterocycles. The maximum absolute atomic E-state index is 13.8. The number of carbonyl (C=O) groups is 2. The lowest BCUT2D eigenvalue weighted by atomic mass is 10.0. The zero-order valence-electron chi connectivity index (χ0n) is 20.9. The molecule has 190 valence electrons. The Labute approximate surface area is 223 Å². The van der Waals surface area contributed by atoms with Gasteiger partial charge in [-0.15, -0.1) is 0 Å². The second-order valence-corrected chi connectivity index (χ2v) is 9.28. The van der Waals surface area contributed by atoms with Gasteiger partial charge in [-0.1, -0.05) is 103 Å². The van der Waals surface area contributed by atoms with E-state index in [1.807, 2.05) is 97.9 Å². The van der Waals surface area contributed by atoms with Gasteiger partial charge >= 0.3 is 0 Å². The monoisotopic (exact) mass is 514 g/mol. The van der Waals surface area contributed by atoms with Gasteiger partial charge in [-0.05, 0) is 35.1 Å². The number of nitrogens with zero attached hydrogens (tertiary/aromatic N) is 1. The second-order valence-electron chi connectivity index (χ2n) is 8.88. The van der Waals surface area contributed by atoms with Gasteiger partial charge in [0.1, 0.15) is 11.8 Å². The normalized spacial score (nSPS) is 11.6. The summed E-state index contributed by atoms with van der Waals surface area (Å²) >= 11 is 6.47. The molecule has 0 spiro atoms. The number of ether oxygens (including phenoxy) is 1. The summed E-state index contributed by atoms with van der Waals surface area (Å²) in [5, 5.41) is 5.48. The van der Waals surface area contributed by atoms with Gasteiger partial charge in [0.2, 0.25) is 5.91 Å². The van der Waals surface area contributed by atoms with Gasteiger partial charge < -0.3 is 15.0 Å². The van der Waals surface area contributed by atoms with Gasteiger partial charge in [0.15, 0.2) is 6.61 Å². The SMILES string of the molecule is CCCNC(=O)[C@H](Cc1ccccc1)N(Cc1ccccc1Cl)C(=O)COc1cccc2ccccc12. The number of nitrogens with one attached hydrogen (secondary N) is 1. The molecule has 1 atom stereocenters. The van der Waals surface area contributed by atoms with Crippen LogP contribution in [0, 0.1) is 0 Å². The van der Waals surface area contributed by atoms with Crippen LogP contribution < -0.4 is 10.1 Å². The average Bonchev–Trinajstić information content (AvgIpc) is 2.93. The van der Waals surface area contributed by atoms with Crippen molar-refractivity contribution in [3.63, 3.8) is 0 Å². The Morgan fingerprint density at radius 3 is 2.38 bits per heavy atom. The Balaban J connectivity index is 1.64. The molecule has 0 bridgehead atoms. The van der Waals surface area contributed by atoms with Crippen LogP contribution in [0.4, 0.5) is 0 Å². The Morgan fingerprint density at radius 1 is 0.892 bits per heavy atom.